The molecular formula is C13H19N5O4. The number of rotatable bonds is 6. The molecule has 22 heavy (non-hydrogen) atoms. The highest BCUT2D eigenvalue weighted by atomic mass is 16.5. The molecule has 2 rings (SSSR count). The summed E-state index contributed by atoms with van der Waals surface area (Å²) < 4.78 is 7.03. The lowest BCUT2D eigenvalue weighted by atomic mass is 10.1. The molecule has 1 aliphatic rings. The normalized spacial score (nSPS) is 24.2. The van der Waals surface area contributed by atoms with Crippen molar-refractivity contribution in [1.29, 1.82) is 0 Å². The minimum atomic E-state index is -0.694. The summed E-state index contributed by atoms with van der Waals surface area (Å²) in [6.45, 7) is 2.16. The first-order valence-electron chi connectivity index (χ1n) is 7.25. The van der Waals surface area contributed by atoms with E-state index in [0.29, 0.717) is 31.4 Å². The monoisotopic (exact) mass is 309 g/mol. The number of hydrogen-bond donors (Lipinski definition) is 2. The first kappa shape index (κ1) is 16.3. The molecule has 1 fully saturated rings. The lowest BCUT2D eigenvalue weighted by molar-refractivity contribution is -0.0248. The number of nitrogens with one attached hydrogen (secondary N) is 1. The van der Waals surface area contributed by atoms with Crippen LogP contribution < -0.4 is 11.2 Å². The van der Waals surface area contributed by atoms with Gasteiger partial charge in [-0.25, -0.2) is 4.79 Å². The lowest BCUT2D eigenvalue weighted by Gasteiger charge is -2.16. The van der Waals surface area contributed by atoms with Gasteiger partial charge in [-0.3, -0.25) is 14.3 Å². The predicted molar refractivity (Wildman–Crippen MR) is 78.5 cm³/mol. The van der Waals surface area contributed by atoms with E-state index in [1.54, 1.807) is 0 Å². The first-order chi connectivity index (χ1) is 10.6. The summed E-state index contributed by atoms with van der Waals surface area (Å²) in [5.74, 6) is 0. The average Bonchev–Trinajstić information content (AvgIpc) is 2.85. The Hall–Kier alpha value is -2.09. The van der Waals surface area contributed by atoms with Crippen LogP contribution in [0.15, 0.2) is 20.9 Å². The molecule has 1 saturated heterocycles. The minimum absolute atomic E-state index is 0.279. The van der Waals surface area contributed by atoms with Gasteiger partial charge in [-0.1, -0.05) is 12.0 Å². The zero-order chi connectivity index (χ0) is 16.1. The van der Waals surface area contributed by atoms with E-state index < -0.39 is 29.7 Å². The van der Waals surface area contributed by atoms with Crippen LogP contribution >= 0.6 is 0 Å². The smallest absolute Gasteiger partial charge is 0.330 e. The molecule has 2 heterocycles. The van der Waals surface area contributed by atoms with Gasteiger partial charge in [0, 0.05) is 29.6 Å². The minimum Gasteiger partial charge on any atom is -0.390 e. The Balaban J connectivity index is 2.10. The second-order valence-electron chi connectivity index (χ2n) is 5.20. The summed E-state index contributed by atoms with van der Waals surface area (Å²) in [5.41, 5.74) is 7.76. The molecule has 1 aromatic heterocycles. The van der Waals surface area contributed by atoms with Gasteiger partial charge in [0.2, 0.25) is 0 Å². The fourth-order valence-corrected chi connectivity index (χ4v) is 2.55. The topological polar surface area (TPSA) is 133 Å². The van der Waals surface area contributed by atoms with Crippen LogP contribution in [0.25, 0.3) is 10.4 Å². The maximum atomic E-state index is 11.9. The van der Waals surface area contributed by atoms with Crippen molar-refractivity contribution in [3.8, 4) is 0 Å². The van der Waals surface area contributed by atoms with Gasteiger partial charge < -0.3 is 9.84 Å². The quantitative estimate of drug-likeness (QED) is 0.348. The average molecular weight is 309 g/mol. The molecule has 0 bridgehead atoms. The Kier molecular flexibility index (Phi) is 5.37. The zero-order valence-electron chi connectivity index (χ0n) is 12.3. The van der Waals surface area contributed by atoms with E-state index in [2.05, 4.69) is 15.0 Å². The van der Waals surface area contributed by atoms with Crippen LogP contribution in [-0.2, 0) is 11.2 Å². The Bertz CT molecular complexity index is 676. The fraction of sp³-hybridized carbons (Fsp3) is 0.692. The van der Waals surface area contributed by atoms with Gasteiger partial charge >= 0.3 is 5.69 Å². The van der Waals surface area contributed by atoms with Crippen molar-refractivity contribution >= 4 is 0 Å². The van der Waals surface area contributed by atoms with Crippen molar-refractivity contribution in [2.24, 2.45) is 5.11 Å². The van der Waals surface area contributed by atoms with Crippen molar-refractivity contribution in [3.05, 3.63) is 43.0 Å². The van der Waals surface area contributed by atoms with Crippen molar-refractivity contribution in [2.75, 3.05) is 6.54 Å². The first-order valence-corrected chi connectivity index (χ1v) is 7.25. The van der Waals surface area contributed by atoms with Crippen LogP contribution in [0, 0.1) is 0 Å². The van der Waals surface area contributed by atoms with Gasteiger partial charge in [0.05, 0.1) is 12.2 Å². The number of H-pyrrole nitrogens is 1. The summed E-state index contributed by atoms with van der Waals surface area (Å²) in [6, 6.07) is 0. The Morgan fingerprint density at radius 2 is 2.36 bits per heavy atom. The molecule has 9 heteroatoms. The molecule has 0 unspecified atom stereocenters. The molecule has 0 saturated carbocycles. The number of aliphatic hydroxyl groups excluding tert-OH is 1. The summed E-state index contributed by atoms with van der Waals surface area (Å²) in [7, 11) is 0. The van der Waals surface area contributed by atoms with Gasteiger partial charge in [0.25, 0.3) is 5.56 Å². The Morgan fingerprint density at radius 1 is 1.59 bits per heavy atom. The van der Waals surface area contributed by atoms with Crippen molar-refractivity contribution in [3.63, 3.8) is 0 Å². The number of aromatic amines is 1. The third-order valence-corrected chi connectivity index (χ3v) is 3.75. The molecule has 2 N–H and O–H groups in total. The van der Waals surface area contributed by atoms with E-state index in [4.69, 9.17) is 10.3 Å². The highest BCUT2D eigenvalue weighted by Crippen LogP contribution is 2.30. The van der Waals surface area contributed by atoms with E-state index in [0.717, 1.165) is 0 Å². The molecule has 3 atom stereocenters. The summed E-state index contributed by atoms with van der Waals surface area (Å²) in [6.07, 6.45) is 1.69. The molecule has 0 spiro atoms. The highest BCUT2D eigenvalue weighted by molar-refractivity contribution is 5.04. The SMILES string of the molecule is CCc1cn([C@H]2C[C@H](O)[C@@H](CCCN=[N+]=[N-])O2)c(=O)[nH]c1=O. The van der Waals surface area contributed by atoms with Gasteiger partial charge in [-0.05, 0) is 24.8 Å². The number of aryl methyl sites for hydroxylation is 1. The summed E-state index contributed by atoms with van der Waals surface area (Å²) in [4.78, 5) is 28.4. The highest BCUT2D eigenvalue weighted by Gasteiger charge is 2.35. The maximum absolute atomic E-state index is 11.9. The summed E-state index contributed by atoms with van der Waals surface area (Å²) >= 11 is 0. The van der Waals surface area contributed by atoms with Crippen LogP contribution in [0.3, 0.4) is 0 Å². The van der Waals surface area contributed by atoms with Crippen LogP contribution in [0.2, 0.25) is 0 Å². The number of nitrogens with zero attached hydrogens (tertiary/aromatic N) is 4. The molecule has 1 aliphatic heterocycles. The Morgan fingerprint density at radius 3 is 3.05 bits per heavy atom. The van der Waals surface area contributed by atoms with E-state index >= 15 is 0 Å². The molecular weight excluding hydrogens is 290 g/mol. The predicted octanol–water partition coefficient (Wildman–Crippen LogP) is 0.838. The van der Waals surface area contributed by atoms with Crippen LogP contribution in [0.4, 0.5) is 0 Å². The van der Waals surface area contributed by atoms with Gasteiger partial charge in [0.15, 0.2) is 0 Å². The van der Waals surface area contributed by atoms with Gasteiger partial charge in [-0.2, -0.15) is 0 Å². The third-order valence-electron chi connectivity index (χ3n) is 3.75. The third kappa shape index (κ3) is 3.56. The molecule has 0 radical (unpaired) electrons. The largest absolute Gasteiger partial charge is 0.390 e. The maximum Gasteiger partial charge on any atom is 0.330 e. The zero-order valence-corrected chi connectivity index (χ0v) is 12.3. The number of azide groups is 1. The standard InChI is InChI=1S/C13H19N5O4/c1-2-8-7-18(13(21)16-12(8)20)11-6-9(19)10(22-11)4-3-5-15-17-14/h7,9-11,19H,2-6H2,1H3,(H,16,20,21)/t9-,10+,11+/m0/s1. The number of aliphatic hydroxyl groups is 1. The second-order valence-corrected chi connectivity index (χ2v) is 5.20. The molecule has 9 nitrogen and oxygen atoms in total. The van der Waals surface area contributed by atoms with Crippen LogP contribution in [-0.4, -0.2) is 33.4 Å². The van der Waals surface area contributed by atoms with Gasteiger partial charge in [-0.15, -0.1) is 0 Å². The molecule has 0 aromatic carbocycles. The molecule has 0 aliphatic carbocycles. The van der Waals surface area contributed by atoms with Crippen LogP contribution in [0.1, 0.15) is 38.0 Å². The number of ether oxygens (including phenoxy) is 1. The van der Waals surface area contributed by atoms with E-state index in [-0.39, 0.29) is 6.42 Å². The second kappa shape index (κ2) is 7.26. The van der Waals surface area contributed by atoms with Crippen molar-refractivity contribution in [2.45, 2.75) is 51.0 Å². The van der Waals surface area contributed by atoms with Crippen molar-refractivity contribution < 1.29 is 9.84 Å². The van der Waals surface area contributed by atoms with E-state index in [9.17, 15) is 14.7 Å². The van der Waals surface area contributed by atoms with Gasteiger partial charge in [0.1, 0.15) is 6.23 Å². The Labute approximate surface area is 126 Å². The molecule has 1 aromatic rings. The summed E-state index contributed by atoms with van der Waals surface area (Å²) in [5, 5.41) is 13.5. The lowest BCUT2D eigenvalue weighted by Crippen LogP contribution is -2.34. The molecule has 0 amide bonds. The van der Waals surface area contributed by atoms with Crippen molar-refractivity contribution in [1.82, 2.24) is 9.55 Å². The van der Waals surface area contributed by atoms with E-state index in [1.165, 1.54) is 10.8 Å². The number of hydrogen-bond acceptors (Lipinski definition) is 5. The van der Waals surface area contributed by atoms with Crippen LogP contribution in [0.5, 0.6) is 0 Å². The fourth-order valence-electron chi connectivity index (χ4n) is 2.55. The van der Waals surface area contributed by atoms with E-state index in [1.807, 2.05) is 6.92 Å². The molecule has 120 valence electrons. The number of aromatic nitrogens is 2.